The highest BCUT2D eigenvalue weighted by atomic mass is 16.6. The van der Waals surface area contributed by atoms with E-state index in [1.54, 1.807) is 24.3 Å². The molecular formula is C21H18O6. The van der Waals surface area contributed by atoms with Gasteiger partial charge in [0.1, 0.15) is 17.9 Å². The Morgan fingerprint density at radius 2 is 1.74 bits per heavy atom. The minimum Gasteiger partial charge on any atom is -0.504 e. The van der Waals surface area contributed by atoms with Crippen LogP contribution in [0.2, 0.25) is 0 Å². The summed E-state index contributed by atoms with van der Waals surface area (Å²) < 4.78 is 15.6. The molecule has 0 spiro atoms. The lowest BCUT2D eigenvalue weighted by Crippen LogP contribution is -2.11. The molecule has 0 saturated heterocycles. The van der Waals surface area contributed by atoms with E-state index >= 15 is 0 Å². The number of ether oxygens (including phenoxy) is 3. The van der Waals surface area contributed by atoms with E-state index in [9.17, 15) is 14.7 Å². The number of methoxy groups -OCH3 is 1. The Labute approximate surface area is 156 Å². The lowest BCUT2D eigenvalue weighted by molar-refractivity contribution is -0.138. The molecule has 2 aromatic rings. The molecule has 0 atom stereocenters. The van der Waals surface area contributed by atoms with Gasteiger partial charge >= 0.3 is 11.9 Å². The predicted octanol–water partition coefficient (Wildman–Crippen LogP) is 3.54. The van der Waals surface area contributed by atoms with Crippen molar-refractivity contribution < 1.29 is 28.9 Å². The molecule has 0 aromatic heterocycles. The molecular weight excluding hydrogens is 348 g/mol. The van der Waals surface area contributed by atoms with Crippen LogP contribution in [0.25, 0.3) is 5.57 Å². The summed E-state index contributed by atoms with van der Waals surface area (Å²) in [5.74, 6) is -1.40. The van der Waals surface area contributed by atoms with Crippen molar-refractivity contribution in [2.24, 2.45) is 0 Å². The van der Waals surface area contributed by atoms with E-state index in [0.717, 1.165) is 5.56 Å². The van der Waals surface area contributed by atoms with Gasteiger partial charge in [0, 0.05) is 0 Å². The Kier molecular flexibility index (Phi) is 5.26. The fourth-order valence-corrected chi connectivity index (χ4v) is 2.55. The number of carbonyl (C=O) groups is 2. The summed E-state index contributed by atoms with van der Waals surface area (Å²) in [5.41, 5.74) is 1.24. The standard InChI is InChI=1S/C21H18O6/c1-13-18(22)19(27-20(13)23)17(15-8-10-16(25-2)11-9-15)21(24)26-12-14-6-4-3-5-7-14/h3-11,22H,12H2,1-2H3/b19-17+. The van der Waals surface area contributed by atoms with Crippen molar-refractivity contribution in [3.63, 3.8) is 0 Å². The Balaban J connectivity index is 1.97. The molecule has 1 N–H and O–H groups in total. The van der Waals surface area contributed by atoms with Gasteiger partial charge in [0.25, 0.3) is 0 Å². The Hall–Kier alpha value is -3.54. The third kappa shape index (κ3) is 3.84. The number of aliphatic hydroxyl groups is 1. The van der Waals surface area contributed by atoms with Crippen LogP contribution < -0.4 is 4.74 Å². The van der Waals surface area contributed by atoms with Crippen molar-refractivity contribution in [3.05, 3.63) is 82.8 Å². The highest BCUT2D eigenvalue weighted by Crippen LogP contribution is 2.32. The fraction of sp³-hybridized carbons (Fsp3) is 0.143. The Morgan fingerprint density at radius 1 is 1.07 bits per heavy atom. The van der Waals surface area contributed by atoms with Crippen LogP contribution in [-0.4, -0.2) is 24.2 Å². The summed E-state index contributed by atoms with van der Waals surface area (Å²) in [6.45, 7) is 1.47. The van der Waals surface area contributed by atoms with Crippen molar-refractivity contribution in [1.29, 1.82) is 0 Å². The Morgan fingerprint density at radius 3 is 2.30 bits per heavy atom. The predicted molar refractivity (Wildman–Crippen MR) is 97.6 cm³/mol. The highest BCUT2D eigenvalue weighted by molar-refractivity contribution is 6.19. The minimum absolute atomic E-state index is 0.0312. The average Bonchev–Trinajstić information content (AvgIpc) is 2.95. The number of rotatable bonds is 5. The van der Waals surface area contributed by atoms with Gasteiger partial charge in [-0.2, -0.15) is 0 Å². The van der Waals surface area contributed by atoms with Crippen molar-refractivity contribution >= 4 is 17.5 Å². The molecule has 138 valence electrons. The van der Waals surface area contributed by atoms with Crippen LogP contribution in [0, 0.1) is 0 Å². The molecule has 0 bridgehead atoms. The van der Waals surface area contributed by atoms with Gasteiger partial charge in [-0.3, -0.25) is 0 Å². The van der Waals surface area contributed by atoms with Crippen LogP contribution in [-0.2, 0) is 25.7 Å². The van der Waals surface area contributed by atoms with Crippen LogP contribution in [0.4, 0.5) is 0 Å². The van der Waals surface area contributed by atoms with Gasteiger partial charge in [0.05, 0.1) is 12.7 Å². The van der Waals surface area contributed by atoms with E-state index in [1.165, 1.54) is 14.0 Å². The molecule has 1 heterocycles. The maximum atomic E-state index is 12.8. The zero-order valence-corrected chi connectivity index (χ0v) is 14.9. The topological polar surface area (TPSA) is 82.1 Å². The smallest absolute Gasteiger partial charge is 0.343 e. The molecule has 3 rings (SSSR count). The maximum Gasteiger partial charge on any atom is 0.343 e. The van der Waals surface area contributed by atoms with E-state index in [1.807, 2.05) is 30.3 Å². The Bertz CT molecular complexity index is 923. The first-order valence-corrected chi connectivity index (χ1v) is 8.23. The summed E-state index contributed by atoms with van der Waals surface area (Å²) in [6.07, 6.45) is 0. The number of hydrogen-bond donors (Lipinski definition) is 1. The number of hydrogen-bond acceptors (Lipinski definition) is 6. The second-order valence-electron chi connectivity index (χ2n) is 5.86. The number of aliphatic hydroxyl groups excluding tert-OH is 1. The van der Waals surface area contributed by atoms with E-state index < -0.39 is 11.9 Å². The summed E-state index contributed by atoms with van der Waals surface area (Å²) in [6, 6.07) is 15.7. The second-order valence-corrected chi connectivity index (χ2v) is 5.86. The van der Waals surface area contributed by atoms with Gasteiger partial charge in [-0.05, 0) is 30.2 Å². The molecule has 0 fully saturated rings. The molecule has 1 aliphatic heterocycles. The number of carbonyl (C=O) groups excluding carboxylic acids is 2. The second kappa shape index (κ2) is 7.78. The lowest BCUT2D eigenvalue weighted by atomic mass is 10.0. The number of esters is 2. The molecule has 1 aliphatic rings. The van der Waals surface area contributed by atoms with E-state index in [2.05, 4.69) is 0 Å². The molecule has 0 saturated carbocycles. The van der Waals surface area contributed by atoms with Crippen molar-refractivity contribution in [1.82, 2.24) is 0 Å². The van der Waals surface area contributed by atoms with Gasteiger partial charge in [-0.1, -0.05) is 42.5 Å². The largest absolute Gasteiger partial charge is 0.504 e. The van der Waals surface area contributed by atoms with Crippen molar-refractivity contribution in [3.8, 4) is 5.75 Å². The van der Waals surface area contributed by atoms with Crippen molar-refractivity contribution in [2.45, 2.75) is 13.5 Å². The average molecular weight is 366 g/mol. The molecule has 0 radical (unpaired) electrons. The SMILES string of the molecule is COc1ccc(/C(C(=O)OCc2ccccc2)=C2\OC(=O)C(C)=C2O)cc1. The van der Waals surface area contributed by atoms with E-state index in [4.69, 9.17) is 14.2 Å². The first-order chi connectivity index (χ1) is 13.0. The van der Waals surface area contributed by atoms with Gasteiger partial charge in [-0.15, -0.1) is 0 Å². The first kappa shape index (κ1) is 18.3. The molecule has 2 aromatic carbocycles. The third-order valence-corrected chi connectivity index (χ3v) is 4.09. The third-order valence-electron chi connectivity index (χ3n) is 4.09. The summed E-state index contributed by atoms with van der Waals surface area (Å²) >= 11 is 0. The minimum atomic E-state index is -0.715. The van der Waals surface area contributed by atoms with Crippen molar-refractivity contribution in [2.75, 3.05) is 7.11 Å². The summed E-state index contributed by atoms with van der Waals surface area (Å²) in [5, 5.41) is 10.2. The summed E-state index contributed by atoms with van der Waals surface area (Å²) in [4.78, 5) is 24.6. The van der Waals surface area contributed by atoms with Crippen LogP contribution in [0.15, 0.2) is 71.7 Å². The molecule has 6 heteroatoms. The molecule has 6 nitrogen and oxygen atoms in total. The van der Waals surface area contributed by atoms with Crippen LogP contribution in [0.5, 0.6) is 5.75 Å². The molecule has 27 heavy (non-hydrogen) atoms. The number of benzene rings is 2. The zero-order valence-electron chi connectivity index (χ0n) is 14.9. The lowest BCUT2D eigenvalue weighted by Gasteiger charge is -2.12. The van der Waals surface area contributed by atoms with Crippen LogP contribution in [0.1, 0.15) is 18.1 Å². The normalized spacial score (nSPS) is 15.4. The summed E-state index contributed by atoms with van der Waals surface area (Å²) in [7, 11) is 1.53. The zero-order chi connectivity index (χ0) is 19.4. The maximum absolute atomic E-state index is 12.8. The van der Waals surface area contributed by atoms with Gasteiger partial charge < -0.3 is 19.3 Å². The molecule has 0 amide bonds. The highest BCUT2D eigenvalue weighted by Gasteiger charge is 2.33. The van der Waals surface area contributed by atoms with Gasteiger partial charge in [-0.25, -0.2) is 9.59 Å². The van der Waals surface area contributed by atoms with Gasteiger partial charge in [0.2, 0.25) is 0 Å². The van der Waals surface area contributed by atoms with Crippen LogP contribution >= 0.6 is 0 Å². The molecule has 0 aliphatic carbocycles. The monoisotopic (exact) mass is 366 g/mol. The fourth-order valence-electron chi connectivity index (χ4n) is 2.55. The molecule has 0 unspecified atom stereocenters. The number of cyclic esters (lactones) is 1. The van der Waals surface area contributed by atoms with E-state index in [0.29, 0.717) is 11.3 Å². The van der Waals surface area contributed by atoms with Crippen LogP contribution in [0.3, 0.4) is 0 Å². The van der Waals surface area contributed by atoms with E-state index in [-0.39, 0.29) is 29.3 Å². The van der Waals surface area contributed by atoms with Gasteiger partial charge in [0.15, 0.2) is 11.5 Å². The quantitative estimate of drug-likeness (QED) is 0.644. The first-order valence-electron chi connectivity index (χ1n) is 8.23.